The molecule has 3 amide bonds. The number of likely N-dealkylation sites (N-methyl/N-ethyl adjacent to an activating group) is 1. The quantitative estimate of drug-likeness (QED) is 0.888. The molecule has 0 saturated heterocycles. The molecule has 2 aromatic carbocycles. The van der Waals surface area contributed by atoms with Crippen molar-refractivity contribution in [2.45, 2.75) is 19.9 Å². The van der Waals surface area contributed by atoms with Crippen molar-refractivity contribution >= 4 is 17.6 Å². The van der Waals surface area contributed by atoms with Gasteiger partial charge < -0.3 is 15.5 Å². The first kappa shape index (κ1) is 17.5. The normalized spacial score (nSPS) is 10.1. The van der Waals surface area contributed by atoms with Crippen LogP contribution in [0.25, 0.3) is 0 Å². The lowest BCUT2D eigenvalue weighted by Gasteiger charge is -2.11. The second-order valence-corrected chi connectivity index (χ2v) is 5.96. The maximum Gasteiger partial charge on any atom is 0.319 e. The molecule has 0 spiro atoms. The maximum absolute atomic E-state index is 11.9. The Morgan fingerprint density at radius 2 is 1.71 bits per heavy atom. The molecule has 126 valence electrons. The minimum Gasteiger partial charge on any atom is -0.349 e. The molecule has 0 unspecified atom stereocenters. The highest BCUT2D eigenvalue weighted by Crippen LogP contribution is 2.11. The molecule has 5 nitrogen and oxygen atoms in total. The number of rotatable bonds is 5. The summed E-state index contributed by atoms with van der Waals surface area (Å²) in [5.41, 5.74) is 3.83. The molecule has 0 fully saturated rings. The van der Waals surface area contributed by atoms with E-state index in [4.69, 9.17) is 0 Å². The van der Waals surface area contributed by atoms with Gasteiger partial charge in [0.15, 0.2) is 0 Å². The van der Waals surface area contributed by atoms with Crippen molar-refractivity contribution in [3.05, 3.63) is 65.2 Å². The number of benzene rings is 2. The molecule has 0 atom stereocenters. The number of nitrogens with one attached hydrogen (secondary N) is 2. The summed E-state index contributed by atoms with van der Waals surface area (Å²) < 4.78 is 0. The number of amides is 3. The van der Waals surface area contributed by atoms with Crippen LogP contribution in [-0.4, -0.2) is 30.9 Å². The minimum absolute atomic E-state index is 0.0478. The number of aryl methyl sites for hydroxylation is 1. The third-order valence-corrected chi connectivity index (χ3v) is 3.60. The predicted octanol–water partition coefficient (Wildman–Crippen LogP) is 2.95. The van der Waals surface area contributed by atoms with Crippen molar-refractivity contribution in [3.63, 3.8) is 0 Å². The first-order valence-electron chi connectivity index (χ1n) is 7.83. The van der Waals surface area contributed by atoms with Crippen LogP contribution in [0.4, 0.5) is 10.5 Å². The van der Waals surface area contributed by atoms with Gasteiger partial charge in [-0.1, -0.05) is 42.0 Å². The Balaban J connectivity index is 1.84. The highest BCUT2D eigenvalue weighted by Gasteiger charge is 2.06. The van der Waals surface area contributed by atoms with Gasteiger partial charge in [-0.2, -0.15) is 0 Å². The van der Waals surface area contributed by atoms with E-state index in [0.717, 1.165) is 16.7 Å². The number of anilines is 1. The van der Waals surface area contributed by atoms with Crippen LogP contribution in [0.15, 0.2) is 48.5 Å². The molecule has 2 aromatic rings. The molecule has 24 heavy (non-hydrogen) atoms. The van der Waals surface area contributed by atoms with Crippen LogP contribution in [0, 0.1) is 6.92 Å². The molecule has 0 aliphatic carbocycles. The number of urea groups is 1. The molecule has 0 heterocycles. The van der Waals surface area contributed by atoms with Gasteiger partial charge in [-0.05, 0) is 30.2 Å². The van der Waals surface area contributed by atoms with Crippen LogP contribution in [0.5, 0.6) is 0 Å². The van der Waals surface area contributed by atoms with Gasteiger partial charge in [0, 0.05) is 26.3 Å². The summed E-state index contributed by atoms with van der Waals surface area (Å²) in [6.45, 7) is 2.50. The summed E-state index contributed by atoms with van der Waals surface area (Å²) in [7, 11) is 3.47. The average Bonchev–Trinajstić information content (AvgIpc) is 2.55. The van der Waals surface area contributed by atoms with Gasteiger partial charge in [0.25, 0.3) is 0 Å². The lowest BCUT2D eigenvalue weighted by atomic mass is 10.1. The monoisotopic (exact) mass is 325 g/mol. The molecule has 0 aliphatic rings. The summed E-state index contributed by atoms with van der Waals surface area (Å²) >= 11 is 0. The number of hydrogen-bond acceptors (Lipinski definition) is 2. The van der Waals surface area contributed by atoms with Crippen molar-refractivity contribution in [2.75, 3.05) is 19.4 Å². The summed E-state index contributed by atoms with van der Waals surface area (Å²) in [5, 5.41) is 5.61. The molecule has 0 saturated carbocycles. The van der Waals surface area contributed by atoms with Gasteiger partial charge in [0.1, 0.15) is 0 Å². The van der Waals surface area contributed by atoms with Crippen LogP contribution in [0.1, 0.15) is 16.7 Å². The van der Waals surface area contributed by atoms with E-state index in [1.54, 1.807) is 31.1 Å². The summed E-state index contributed by atoms with van der Waals surface area (Å²) in [6, 6.07) is 15.0. The highest BCUT2D eigenvalue weighted by molar-refractivity contribution is 5.89. The molecular formula is C19H23N3O2. The fourth-order valence-corrected chi connectivity index (χ4v) is 2.22. The third-order valence-electron chi connectivity index (χ3n) is 3.60. The predicted molar refractivity (Wildman–Crippen MR) is 95.9 cm³/mol. The molecule has 2 rings (SSSR count). The van der Waals surface area contributed by atoms with E-state index < -0.39 is 0 Å². The highest BCUT2D eigenvalue weighted by atomic mass is 16.2. The zero-order chi connectivity index (χ0) is 17.5. The van der Waals surface area contributed by atoms with E-state index in [1.807, 2.05) is 43.3 Å². The zero-order valence-electron chi connectivity index (χ0n) is 14.3. The Kier molecular flexibility index (Phi) is 5.95. The molecule has 0 bridgehead atoms. The first-order valence-corrected chi connectivity index (χ1v) is 7.83. The Bertz CT molecular complexity index is 709. The van der Waals surface area contributed by atoms with Crippen LogP contribution in [0.2, 0.25) is 0 Å². The topological polar surface area (TPSA) is 61.4 Å². The van der Waals surface area contributed by atoms with Gasteiger partial charge in [-0.25, -0.2) is 4.79 Å². The van der Waals surface area contributed by atoms with Crippen molar-refractivity contribution < 1.29 is 9.59 Å². The van der Waals surface area contributed by atoms with Crippen molar-refractivity contribution in [2.24, 2.45) is 0 Å². The van der Waals surface area contributed by atoms with Crippen LogP contribution < -0.4 is 10.6 Å². The van der Waals surface area contributed by atoms with Crippen molar-refractivity contribution in [1.29, 1.82) is 0 Å². The molecule has 0 radical (unpaired) electrons. The summed E-state index contributed by atoms with van der Waals surface area (Å²) in [5.74, 6) is 0.0478. The molecule has 0 aromatic heterocycles. The Morgan fingerprint density at radius 1 is 1.00 bits per heavy atom. The standard InChI is InChI=1S/C19H23N3O2/c1-14-5-4-6-16(11-14)13-20-19(24)21-17-9-7-15(8-10-17)12-18(23)22(2)3/h4-11H,12-13H2,1-3H3,(H2,20,21,24). The van der Waals surface area contributed by atoms with Crippen LogP contribution in [0.3, 0.4) is 0 Å². The maximum atomic E-state index is 11.9. The summed E-state index contributed by atoms with van der Waals surface area (Å²) in [6.07, 6.45) is 0.354. The summed E-state index contributed by atoms with van der Waals surface area (Å²) in [4.78, 5) is 25.2. The molecular weight excluding hydrogens is 302 g/mol. The second-order valence-electron chi connectivity index (χ2n) is 5.96. The lowest BCUT2D eigenvalue weighted by molar-refractivity contribution is -0.127. The number of nitrogens with zero attached hydrogens (tertiary/aromatic N) is 1. The second kappa shape index (κ2) is 8.15. The molecule has 0 aliphatic heterocycles. The van der Waals surface area contributed by atoms with E-state index in [9.17, 15) is 9.59 Å². The Labute approximate surface area is 142 Å². The lowest BCUT2D eigenvalue weighted by Crippen LogP contribution is -2.28. The van der Waals surface area contributed by atoms with Crippen LogP contribution >= 0.6 is 0 Å². The van der Waals surface area contributed by atoms with Gasteiger partial charge in [-0.3, -0.25) is 4.79 Å². The van der Waals surface area contributed by atoms with Crippen LogP contribution in [-0.2, 0) is 17.8 Å². The molecule has 5 heteroatoms. The minimum atomic E-state index is -0.256. The number of carbonyl (C=O) groups is 2. The van der Waals surface area contributed by atoms with E-state index in [2.05, 4.69) is 10.6 Å². The Morgan fingerprint density at radius 3 is 2.33 bits per heavy atom. The van der Waals surface area contributed by atoms with Gasteiger partial charge in [-0.15, -0.1) is 0 Å². The third kappa shape index (κ3) is 5.43. The van der Waals surface area contributed by atoms with Crippen molar-refractivity contribution in [3.8, 4) is 0 Å². The largest absolute Gasteiger partial charge is 0.349 e. The van der Waals surface area contributed by atoms with Gasteiger partial charge in [0.05, 0.1) is 6.42 Å². The van der Waals surface area contributed by atoms with Gasteiger partial charge >= 0.3 is 6.03 Å². The fraction of sp³-hybridized carbons (Fsp3) is 0.263. The molecule has 2 N–H and O–H groups in total. The van der Waals surface area contributed by atoms with E-state index in [0.29, 0.717) is 18.7 Å². The SMILES string of the molecule is Cc1cccc(CNC(=O)Nc2ccc(CC(=O)N(C)C)cc2)c1. The zero-order valence-corrected chi connectivity index (χ0v) is 14.3. The first-order chi connectivity index (χ1) is 11.4. The fourth-order valence-electron chi connectivity index (χ4n) is 2.22. The van der Waals surface area contributed by atoms with Crippen molar-refractivity contribution in [1.82, 2.24) is 10.2 Å². The smallest absolute Gasteiger partial charge is 0.319 e. The van der Waals surface area contributed by atoms with E-state index in [1.165, 1.54) is 0 Å². The average molecular weight is 325 g/mol. The van der Waals surface area contributed by atoms with E-state index >= 15 is 0 Å². The van der Waals surface area contributed by atoms with E-state index in [-0.39, 0.29) is 11.9 Å². The number of carbonyl (C=O) groups excluding carboxylic acids is 2. The van der Waals surface area contributed by atoms with Gasteiger partial charge in [0.2, 0.25) is 5.91 Å². The Hall–Kier alpha value is -2.82. The number of hydrogen-bond donors (Lipinski definition) is 2.